The highest BCUT2D eigenvalue weighted by molar-refractivity contribution is 7.80. The lowest BCUT2D eigenvalue weighted by molar-refractivity contribution is 0.153. The molecule has 0 radical (unpaired) electrons. The van der Waals surface area contributed by atoms with Crippen LogP contribution in [0.2, 0.25) is 0 Å². The monoisotopic (exact) mass is 432 g/mol. The highest BCUT2D eigenvalue weighted by Gasteiger charge is 2.38. The SMILES string of the molecule is CC(C)c1ccc(CN(CCCN(C)C)C(=S)NC2CC(C)(C)NC(C)(C)C2)cc1. The molecule has 0 saturated carbocycles. The van der Waals surface area contributed by atoms with E-state index in [1.165, 1.54) is 11.1 Å². The summed E-state index contributed by atoms with van der Waals surface area (Å²) in [6, 6.07) is 9.42. The van der Waals surface area contributed by atoms with E-state index >= 15 is 0 Å². The van der Waals surface area contributed by atoms with Crippen LogP contribution in [-0.2, 0) is 6.54 Å². The second kappa shape index (κ2) is 10.4. The third kappa shape index (κ3) is 8.16. The van der Waals surface area contributed by atoms with Crippen molar-refractivity contribution in [2.45, 2.75) is 90.4 Å². The Labute approximate surface area is 190 Å². The van der Waals surface area contributed by atoms with Gasteiger partial charge in [0.2, 0.25) is 0 Å². The van der Waals surface area contributed by atoms with Crippen LogP contribution in [0.1, 0.15) is 77.8 Å². The van der Waals surface area contributed by atoms with Crippen molar-refractivity contribution in [2.24, 2.45) is 0 Å². The lowest BCUT2D eigenvalue weighted by Crippen LogP contribution is -2.62. The van der Waals surface area contributed by atoms with Crippen molar-refractivity contribution in [3.8, 4) is 0 Å². The van der Waals surface area contributed by atoms with Gasteiger partial charge in [-0.05, 0) is 96.9 Å². The molecule has 0 atom stereocenters. The average Bonchev–Trinajstić information content (AvgIpc) is 2.58. The predicted molar refractivity (Wildman–Crippen MR) is 134 cm³/mol. The van der Waals surface area contributed by atoms with Gasteiger partial charge in [0.15, 0.2) is 5.11 Å². The van der Waals surface area contributed by atoms with Gasteiger partial charge in [0.25, 0.3) is 0 Å². The lowest BCUT2D eigenvalue weighted by Gasteiger charge is -2.47. The van der Waals surface area contributed by atoms with Crippen LogP contribution in [0.15, 0.2) is 24.3 Å². The summed E-state index contributed by atoms with van der Waals surface area (Å²) in [7, 11) is 4.26. The van der Waals surface area contributed by atoms with Crippen molar-refractivity contribution < 1.29 is 0 Å². The van der Waals surface area contributed by atoms with Gasteiger partial charge in [-0.25, -0.2) is 0 Å². The quantitative estimate of drug-likeness (QED) is 0.579. The number of nitrogens with one attached hydrogen (secondary N) is 2. The summed E-state index contributed by atoms with van der Waals surface area (Å²) in [6.07, 6.45) is 3.25. The minimum Gasteiger partial charge on any atom is -0.360 e. The molecule has 1 aromatic carbocycles. The number of rotatable bonds is 8. The molecule has 0 bridgehead atoms. The van der Waals surface area contributed by atoms with Gasteiger partial charge < -0.3 is 20.4 Å². The number of nitrogens with zero attached hydrogens (tertiary/aromatic N) is 2. The minimum atomic E-state index is 0.109. The first-order chi connectivity index (χ1) is 13.9. The summed E-state index contributed by atoms with van der Waals surface area (Å²) >= 11 is 5.93. The number of piperidine rings is 1. The van der Waals surface area contributed by atoms with Gasteiger partial charge in [-0.2, -0.15) is 0 Å². The molecule has 0 aliphatic carbocycles. The van der Waals surface area contributed by atoms with E-state index in [0.29, 0.717) is 12.0 Å². The molecule has 1 fully saturated rings. The van der Waals surface area contributed by atoms with E-state index in [1.807, 2.05) is 0 Å². The first-order valence-electron chi connectivity index (χ1n) is 11.5. The topological polar surface area (TPSA) is 30.5 Å². The fraction of sp³-hybridized carbons (Fsp3) is 0.720. The first kappa shape index (κ1) is 25.1. The lowest BCUT2D eigenvalue weighted by atomic mass is 9.80. The van der Waals surface area contributed by atoms with E-state index in [4.69, 9.17) is 12.2 Å². The number of hydrogen-bond acceptors (Lipinski definition) is 3. The van der Waals surface area contributed by atoms with Crippen LogP contribution in [0.25, 0.3) is 0 Å². The number of benzene rings is 1. The molecular formula is C25H44N4S. The molecule has 1 aromatic rings. The van der Waals surface area contributed by atoms with Gasteiger partial charge in [-0.15, -0.1) is 0 Å². The summed E-state index contributed by atoms with van der Waals surface area (Å²) in [5.41, 5.74) is 2.92. The fourth-order valence-electron chi connectivity index (χ4n) is 4.75. The molecule has 1 aliphatic heterocycles. The van der Waals surface area contributed by atoms with Gasteiger partial charge in [0, 0.05) is 30.2 Å². The molecule has 0 amide bonds. The van der Waals surface area contributed by atoms with Crippen molar-refractivity contribution in [2.75, 3.05) is 27.2 Å². The van der Waals surface area contributed by atoms with Crippen LogP contribution in [0.5, 0.6) is 0 Å². The summed E-state index contributed by atoms with van der Waals surface area (Å²) in [5, 5.41) is 8.37. The zero-order valence-electron chi connectivity index (χ0n) is 20.5. The van der Waals surface area contributed by atoms with Gasteiger partial charge >= 0.3 is 0 Å². The molecule has 2 N–H and O–H groups in total. The molecule has 2 rings (SSSR count). The molecule has 0 unspecified atom stereocenters. The summed E-state index contributed by atoms with van der Waals surface area (Å²) in [4.78, 5) is 4.59. The van der Waals surface area contributed by atoms with E-state index in [1.54, 1.807) is 0 Å². The summed E-state index contributed by atoms with van der Waals surface area (Å²) in [6.45, 7) is 16.5. The fourth-order valence-corrected chi connectivity index (χ4v) is 5.07. The zero-order chi connectivity index (χ0) is 22.5. The van der Waals surface area contributed by atoms with E-state index < -0.39 is 0 Å². The molecule has 5 heteroatoms. The molecule has 1 saturated heterocycles. The van der Waals surface area contributed by atoms with E-state index in [0.717, 1.165) is 44.0 Å². The summed E-state index contributed by atoms with van der Waals surface area (Å²) in [5.74, 6) is 0.560. The first-order valence-corrected chi connectivity index (χ1v) is 11.9. The van der Waals surface area contributed by atoms with Crippen LogP contribution >= 0.6 is 12.2 Å². The molecular weight excluding hydrogens is 388 g/mol. The maximum atomic E-state index is 5.93. The average molecular weight is 433 g/mol. The Balaban J connectivity index is 2.07. The van der Waals surface area contributed by atoms with E-state index in [2.05, 4.69) is 100 Å². The molecule has 4 nitrogen and oxygen atoms in total. The van der Waals surface area contributed by atoms with Crippen molar-refractivity contribution in [3.05, 3.63) is 35.4 Å². The second-order valence-electron chi connectivity index (χ2n) is 10.9. The molecule has 0 spiro atoms. The van der Waals surface area contributed by atoms with Crippen molar-refractivity contribution in [1.29, 1.82) is 0 Å². The van der Waals surface area contributed by atoms with Crippen molar-refractivity contribution in [1.82, 2.24) is 20.4 Å². The molecule has 1 aliphatic rings. The van der Waals surface area contributed by atoms with Gasteiger partial charge in [-0.3, -0.25) is 0 Å². The Morgan fingerprint density at radius 2 is 1.63 bits per heavy atom. The Hall–Kier alpha value is -1.17. The molecule has 1 heterocycles. The maximum Gasteiger partial charge on any atom is 0.169 e. The highest BCUT2D eigenvalue weighted by Crippen LogP contribution is 2.28. The van der Waals surface area contributed by atoms with Crippen LogP contribution in [0.3, 0.4) is 0 Å². The van der Waals surface area contributed by atoms with Crippen LogP contribution < -0.4 is 10.6 Å². The van der Waals surface area contributed by atoms with Gasteiger partial charge in [0.05, 0.1) is 0 Å². The smallest absolute Gasteiger partial charge is 0.169 e. The minimum absolute atomic E-state index is 0.109. The second-order valence-corrected chi connectivity index (χ2v) is 11.3. The zero-order valence-corrected chi connectivity index (χ0v) is 21.3. The third-order valence-electron chi connectivity index (χ3n) is 5.86. The van der Waals surface area contributed by atoms with Crippen molar-refractivity contribution in [3.63, 3.8) is 0 Å². The molecule has 0 aromatic heterocycles. The summed E-state index contributed by atoms with van der Waals surface area (Å²) < 4.78 is 0. The Morgan fingerprint density at radius 1 is 1.07 bits per heavy atom. The predicted octanol–water partition coefficient (Wildman–Crippen LogP) is 4.75. The van der Waals surface area contributed by atoms with Gasteiger partial charge in [0.1, 0.15) is 0 Å². The van der Waals surface area contributed by atoms with Crippen LogP contribution in [0, 0.1) is 0 Å². The standard InChI is InChI=1S/C25H44N4S/c1-19(2)21-12-10-20(11-13-21)18-29(15-9-14-28(7)8)23(30)26-22-16-24(3,4)27-25(5,6)17-22/h10-13,19,22,27H,9,14-18H2,1-8H3,(H,26,30). The number of hydrogen-bond donors (Lipinski definition) is 2. The Kier molecular flexibility index (Phi) is 8.72. The van der Waals surface area contributed by atoms with E-state index in [-0.39, 0.29) is 11.1 Å². The van der Waals surface area contributed by atoms with Crippen LogP contribution in [0.4, 0.5) is 0 Å². The Morgan fingerprint density at radius 3 is 2.13 bits per heavy atom. The maximum absolute atomic E-state index is 5.93. The highest BCUT2D eigenvalue weighted by atomic mass is 32.1. The third-order valence-corrected chi connectivity index (χ3v) is 6.23. The normalized spacial score (nSPS) is 18.6. The van der Waals surface area contributed by atoms with Gasteiger partial charge in [-0.1, -0.05) is 38.1 Å². The Bertz CT molecular complexity index is 663. The molecule has 170 valence electrons. The number of thiocarbonyl (C=S) groups is 1. The molecule has 30 heavy (non-hydrogen) atoms. The largest absolute Gasteiger partial charge is 0.360 e. The van der Waals surface area contributed by atoms with Crippen molar-refractivity contribution >= 4 is 17.3 Å². The van der Waals surface area contributed by atoms with Crippen LogP contribution in [-0.4, -0.2) is 59.2 Å². The van der Waals surface area contributed by atoms with E-state index in [9.17, 15) is 0 Å².